The zero-order chi connectivity index (χ0) is 22.5. The lowest BCUT2D eigenvalue weighted by molar-refractivity contribution is -0.126. The molecule has 0 saturated carbocycles. The Morgan fingerprint density at radius 3 is 2.84 bits per heavy atom. The number of halogens is 4. The van der Waals surface area contributed by atoms with Gasteiger partial charge in [0.25, 0.3) is 0 Å². The molecule has 0 aliphatic carbocycles. The van der Waals surface area contributed by atoms with Gasteiger partial charge in [0.2, 0.25) is 0 Å². The van der Waals surface area contributed by atoms with Crippen LogP contribution in [-0.4, -0.2) is 57.0 Å². The molecule has 0 spiro atoms. The zero-order valence-corrected chi connectivity index (χ0v) is 19.5. The van der Waals surface area contributed by atoms with Crippen molar-refractivity contribution in [3.8, 4) is 0 Å². The number of thiophene rings is 1. The van der Waals surface area contributed by atoms with Crippen LogP contribution in [0.2, 0.25) is 5.02 Å². The molecule has 2 aliphatic rings. The fraction of sp³-hybridized carbons (Fsp3) is 0.476. The summed E-state index contributed by atoms with van der Waals surface area (Å²) >= 11 is 12.3. The average Bonchev–Trinajstić information content (AvgIpc) is 3.25. The number of aromatic nitrogens is 3. The quantitative estimate of drug-likeness (QED) is 0.520. The van der Waals surface area contributed by atoms with E-state index in [9.17, 15) is 13.2 Å². The lowest BCUT2D eigenvalue weighted by Gasteiger charge is -2.41. The van der Waals surface area contributed by atoms with Gasteiger partial charge in [-0.1, -0.05) is 11.6 Å². The molecule has 5 rings (SSSR count). The van der Waals surface area contributed by atoms with Crippen LogP contribution in [0.5, 0.6) is 0 Å². The van der Waals surface area contributed by atoms with Crippen LogP contribution in [-0.2, 0) is 13.0 Å². The third-order valence-electron chi connectivity index (χ3n) is 6.16. The van der Waals surface area contributed by atoms with Crippen molar-refractivity contribution in [1.82, 2.24) is 19.9 Å². The lowest BCUT2D eigenvalue weighted by Crippen LogP contribution is -2.50. The van der Waals surface area contributed by atoms with Crippen molar-refractivity contribution >= 4 is 51.6 Å². The van der Waals surface area contributed by atoms with E-state index in [2.05, 4.69) is 24.8 Å². The van der Waals surface area contributed by atoms with Gasteiger partial charge in [-0.15, -0.1) is 11.3 Å². The average molecular weight is 500 g/mol. The molecule has 2 atom stereocenters. The van der Waals surface area contributed by atoms with E-state index >= 15 is 0 Å². The molecule has 11 heteroatoms. The molecular formula is C21H21ClF3N5S2. The topological polar surface area (TPSA) is 45.2 Å². The van der Waals surface area contributed by atoms with Crippen LogP contribution in [0.3, 0.4) is 0 Å². The number of fused-ring (bicyclic) bond motifs is 2. The summed E-state index contributed by atoms with van der Waals surface area (Å²) in [6.45, 7) is 3.97. The maximum Gasteiger partial charge on any atom is 0.393 e. The molecule has 32 heavy (non-hydrogen) atoms. The van der Waals surface area contributed by atoms with E-state index in [0.717, 1.165) is 49.5 Å². The second-order valence-corrected chi connectivity index (χ2v) is 11.1. The lowest BCUT2D eigenvalue weighted by atomic mass is 9.87. The van der Waals surface area contributed by atoms with Crippen LogP contribution in [0.15, 0.2) is 30.9 Å². The fourth-order valence-corrected chi connectivity index (χ4v) is 6.63. The van der Waals surface area contributed by atoms with Gasteiger partial charge in [-0.3, -0.25) is 9.88 Å². The Balaban J connectivity index is 1.35. The number of piperidine rings is 1. The third kappa shape index (κ3) is 4.55. The highest BCUT2D eigenvalue weighted by molar-refractivity contribution is 7.82. The van der Waals surface area contributed by atoms with Gasteiger partial charge < -0.3 is 4.90 Å². The van der Waals surface area contributed by atoms with Crippen LogP contribution in [0.25, 0.3) is 10.2 Å². The number of thiol groups is 1. The molecule has 0 bridgehead atoms. The highest BCUT2D eigenvalue weighted by atomic mass is 35.5. The summed E-state index contributed by atoms with van der Waals surface area (Å²) in [5, 5.41) is 1.31. The second kappa shape index (κ2) is 8.30. The zero-order valence-electron chi connectivity index (χ0n) is 17.0. The van der Waals surface area contributed by atoms with E-state index in [1.807, 2.05) is 12.3 Å². The molecule has 0 N–H and O–H groups in total. The number of pyridine rings is 1. The number of hydrogen-bond donors (Lipinski definition) is 1. The fourth-order valence-electron chi connectivity index (χ4n) is 4.83. The van der Waals surface area contributed by atoms with Gasteiger partial charge in [0, 0.05) is 48.2 Å². The van der Waals surface area contributed by atoms with E-state index in [1.54, 1.807) is 12.3 Å². The van der Waals surface area contributed by atoms with Gasteiger partial charge in [-0.25, -0.2) is 9.97 Å². The monoisotopic (exact) mass is 499 g/mol. The van der Waals surface area contributed by atoms with Gasteiger partial charge in [0.05, 0.1) is 16.8 Å². The number of anilines is 1. The van der Waals surface area contributed by atoms with Crippen molar-refractivity contribution < 1.29 is 13.2 Å². The smallest absolute Gasteiger partial charge is 0.354 e. The van der Waals surface area contributed by atoms with Crippen molar-refractivity contribution in [3.05, 3.63) is 46.3 Å². The Hall–Kier alpha value is -1.62. The van der Waals surface area contributed by atoms with E-state index in [-0.39, 0.29) is 9.62 Å². The minimum Gasteiger partial charge on any atom is -0.354 e. The molecule has 0 unspecified atom stereocenters. The first-order valence-electron chi connectivity index (χ1n) is 10.3. The summed E-state index contributed by atoms with van der Waals surface area (Å²) in [5.74, 6) is 1.07. The molecule has 0 amide bonds. The van der Waals surface area contributed by atoms with Gasteiger partial charge in [0.15, 0.2) is 0 Å². The van der Waals surface area contributed by atoms with Crippen LogP contribution < -0.4 is 4.90 Å². The summed E-state index contributed by atoms with van der Waals surface area (Å²) in [5.41, 5.74) is 1.07. The number of nitrogens with zero attached hydrogens (tertiary/aromatic N) is 5. The number of rotatable bonds is 4. The number of alkyl halides is 3. The Morgan fingerprint density at radius 1 is 1.22 bits per heavy atom. The molecule has 3 aromatic heterocycles. The third-order valence-corrected chi connectivity index (χ3v) is 8.06. The molecule has 5 nitrogen and oxygen atoms in total. The molecule has 2 aliphatic heterocycles. The molecule has 3 aromatic rings. The maximum atomic E-state index is 12.9. The minimum absolute atomic E-state index is 0.230. The Kier molecular flexibility index (Phi) is 5.76. The van der Waals surface area contributed by atoms with Gasteiger partial charge in [0.1, 0.15) is 17.0 Å². The SMILES string of the molecule is FC(F)(F)Cc1cc2c(N3C[C@H]4CCN(Cc5cncc(Cl)c5)C[C@@]4(S)C3)ncnc2s1. The highest BCUT2D eigenvalue weighted by Gasteiger charge is 2.48. The minimum atomic E-state index is -4.24. The van der Waals surface area contributed by atoms with Crippen molar-refractivity contribution in [3.63, 3.8) is 0 Å². The number of likely N-dealkylation sites (tertiary alicyclic amines) is 1. The van der Waals surface area contributed by atoms with Gasteiger partial charge in [-0.2, -0.15) is 25.8 Å². The van der Waals surface area contributed by atoms with Gasteiger partial charge >= 0.3 is 6.18 Å². The molecule has 2 fully saturated rings. The molecule has 170 valence electrons. The first-order valence-corrected chi connectivity index (χ1v) is 11.9. The first kappa shape index (κ1) is 22.2. The first-order chi connectivity index (χ1) is 15.2. The van der Waals surface area contributed by atoms with Crippen LogP contribution >= 0.6 is 35.6 Å². The summed E-state index contributed by atoms with van der Waals surface area (Å²) < 4.78 is 38.4. The normalized spacial score (nSPS) is 24.3. The summed E-state index contributed by atoms with van der Waals surface area (Å²) in [7, 11) is 0. The predicted molar refractivity (Wildman–Crippen MR) is 124 cm³/mol. The predicted octanol–water partition coefficient (Wildman–Crippen LogP) is 4.86. The van der Waals surface area contributed by atoms with Crippen molar-refractivity contribution in [2.24, 2.45) is 5.92 Å². The largest absolute Gasteiger partial charge is 0.393 e. The number of hydrogen-bond acceptors (Lipinski definition) is 7. The van der Waals surface area contributed by atoms with Crippen molar-refractivity contribution in [1.29, 1.82) is 0 Å². The van der Waals surface area contributed by atoms with Gasteiger partial charge in [-0.05, 0) is 36.6 Å². The van der Waals surface area contributed by atoms with Crippen molar-refractivity contribution in [2.75, 3.05) is 31.1 Å². The highest BCUT2D eigenvalue weighted by Crippen LogP contribution is 2.43. The molecular weight excluding hydrogens is 479 g/mol. The molecule has 0 aromatic carbocycles. The molecule has 2 saturated heterocycles. The summed E-state index contributed by atoms with van der Waals surface area (Å²) in [4.78, 5) is 18.2. The summed E-state index contributed by atoms with van der Waals surface area (Å²) in [6, 6.07) is 3.52. The van der Waals surface area contributed by atoms with E-state index in [0.29, 0.717) is 33.5 Å². The van der Waals surface area contributed by atoms with Crippen LogP contribution in [0.4, 0.5) is 19.0 Å². The second-order valence-electron chi connectivity index (χ2n) is 8.61. The van der Waals surface area contributed by atoms with E-state index in [4.69, 9.17) is 24.2 Å². The Labute approximate surface area is 198 Å². The Bertz CT molecular complexity index is 1140. The Morgan fingerprint density at radius 2 is 2.06 bits per heavy atom. The van der Waals surface area contributed by atoms with E-state index < -0.39 is 12.6 Å². The summed E-state index contributed by atoms with van der Waals surface area (Å²) in [6.07, 6.45) is 0.701. The molecule has 5 heterocycles. The standard InChI is InChI=1S/C21H21ClF3N5S2/c22-15-3-13(6-26-7-15)8-29-2-1-14-9-30(11-20(14,31)10-29)18-17-4-16(5-21(23,24)25)32-19(17)28-12-27-18/h3-4,6-7,12,14,31H,1-2,5,8-11H2/t14-,20-/m1/s1. The van der Waals surface area contributed by atoms with E-state index in [1.165, 1.54) is 6.33 Å². The molecule has 0 radical (unpaired) electrons. The van der Waals surface area contributed by atoms with Crippen LogP contribution in [0.1, 0.15) is 16.9 Å². The maximum absolute atomic E-state index is 12.9. The van der Waals surface area contributed by atoms with Crippen molar-refractivity contribution in [2.45, 2.75) is 30.3 Å². The van der Waals surface area contributed by atoms with Crippen LogP contribution in [0, 0.1) is 5.92 Å².